The van der Waals surface area contributed by atoms with Gasteiger partial charge in [0.2, 0.25) is 0 Å². The third-order valence-corrected chi connectivity index (χ3v) is 6.73. The minimum absolute atomic E-state index is 0.0252. The Kier molecular flexibility index (Phi) is 15.2. The first-order valence-corrected chi connectivity index (χ1v) is 14.4. The fraction of sp³-hybridized carbons (Fsp3) is 0.867. The van der Waals surface area contributed by atoms with Gasteiger partial charge < -0.3 is 19.8 Å². The van der Waals surface area contributed by atoms with E-state index in [1.165, 1.54) is 0 Å². The Morgan fingerprint density at radius 1 is 0.575 bits per heavy atom. The highest BCUT2D eigenvalue weighted by molar-refractivity contribution is 5.72. The third kappa shape index (κ3) is 16.3. The van der Waals surface area contributed by atoms with E-state index in [1.54, 1.807) is 13.8 Å². The topological polar surface area (TPSA) is 177 Å². The monoisotopic (exact) mass is 558 g/mol. The number of aliphatic carboxylic acids is 2. The number of hydrogen-bond acceptors (Lipinski definition) is 10. The zero-order valence-corrected chi connectivity index (χ0v) is 26.0. The molecule has 226 valence electrons. The molecule has 0 spiro atoms. The third-order valence-electron chi connectivity index (χ3n) is 6.73. The van der Waals surface area contributed by atoms with E-state index >= 15 is 0 Å². The van der Waals surface area contributed by atoms with E-state index in [0.717, 1.165) is 19.3 Å². The van der Waals surface area contributed by atoms with Crippen LogP contribution in [0.5, 0.6) is 0 Å². The molecule has 0 rings (SSSR count). The molecule has 10 heteroatoms. The van der Waals surface area contributed by atoms with Crippen LogP contribution in [0.2, 0.25) is 0 Å². The first-order chi connectivity index (χ1) is 18.3. The Morgan fingerprint density at radius 3 is 1.30 bits per heavy atom. The molecule has 2 atom stereocenters. The highest BCUT2D eigenvalue weighted by Gasteiger charge is 2.34. The number of carboxylic acid groups (broad SMARTS) is 2. The lowest BCUT2D eigenvalue weighted by Gasteiger charge is -2.36. The lowest BCUT2D eigenvalue weighted by Crippen LogP contribution is -2.43. The van der Waals surface area contributed by atoms with Crippen molar-refractivity contribution in [3.8, 4) is 12.1 Å². The second-order valence-electron chi connectivity index (χ2n) is 13.4. The molecular formula is C30H50N6O4-2. The molecule has 0 amide bonds. The molecule has 0 saturated carbocycles. The summed E-state index contributed by atoms with van der Waals surface area (Å²) >= 11 is 0. The van der Waals surface area contributed by atoms with Gasteiger partial charge in [0.1, 0.15) is 0 Å². The molecule has 0 radical (unpaired) electrons. The molecule has 0 saturated heterocycles. The van der Waals surface area contributed by atoms with E-state index in [1.807, 2.05) is 41.5 Å². The smallest absolute Gasteiger partial charge is 0.164 e. The van der Waals surface area contributed by atoms with Crippen LogP contribution in [-0.4, -0.2) is 34.1 Å². The van der Waals surface area contributed by atoms with Gasteiger partial charge in [-0.15, -0.1) is 0 Å². The zero-order chi connectivity index (χ0) is 31.1. The Labute approximate surface area is 241 Å². The molecule has 0 aliphatic carbocycles. The second kappa shape index (κ2) is 16.4. The number of carbonyl (C=O) groups is 2. The number of carboxylic acids is 2. The first-order valence-electron chi connectivity index (χ1n) is 14.4. The summed E-state index contributed by atoms with van der Waals surface area (Å²) in [7, 11) is 0. The van der Waals surface area contributed by atoms with E-state index in [9.17, 15) is 30.3 Å². The van der Waals surface area contributed by atoms with Crippen LogP contribution in [0.3, 0.4) is 0 Å². The van der Waals surface area contributed by atoms with Gasteiger partial charge in [-0.2, -0.15) is 31.0 Å². The van der Waals surface area contributed by atoms with Crippen LogP contribution in [0.15, 0.2) is 20.5 Å². The lowest BCUT2D eigenvalue weighted by atomic mass is 9.73. The molecule has 10 nitrogen and oxygen atoms in total. The van der Waals surface area contributed by atoms with Crippen molar-refractivity contribution >= 4 is 11.9 Å². The van der Waals surface area contributed by atoms with E-state index in [4.69, 9.17) is 0 Å². The molecule has 40 heavy (non-hydrogen) atoms. The summed E-state index contributed by atoms with van der Waals surface area (Å²) in [5.41, 5.74) is -4.09. The van der Waals surface area contributed by atoms with Gasteiger partial charge in [-0.3, -0.25) is 0 Å². The average Bonchev–Trinajstić information content (AvgIpc) is 2.84. The Hall–Kier alpha value is -2.88. The Balaban J connectivity index is 5.60. The van der Waals surface area contributed by atoms with Crippen LogP contribution in [-0.2, 0) is 9.59 Å². The molecular weight excluding hydrogens is 508 g/mol. The van der Waals surface area contributed by atoms with E-state index in [0.29, 0.717) is 57.8 Å². The normalized spacial score (nSPS) is 17.1. The maximum absolute atomic E-state index is 12.6. The highest BCUT2D eigenvalue weighted by Crippen LogP contribution is 2.39. The van der Waals surface area contributed by atoms with Crippen molar-refractivity contribution in [2.75, 3.05) is 0 Å². The average molecular weight is 559 g/mol. The molecule has 0 N–H and O–H groups in total. The quantitative estimate of drug-likeness (QED) is 0.147. The number of unbranched alkanes of at least 4 members (excludes halogenated alkanes) is 4. The van der Waals surface area contributed by atoms with Crippen molar-refractivity contribution in [3.63, 3.8) is 0 Å². The number of nitriles is 2. The maximum atomic E-state index is 12.6. The molecule has 0 fully saturated rings. The van der Waals surface area contributed by atoms with Gasteiger partial charge >= 0.3 is 0 Å². The van der Waals surface area contributed by atoms with Crippen LogP contribution in [0.1, 0.15) is 139 Å². The van der Waals surface area contributed by atoms with Gasteiger partial charge in [-0.1, -0.05) is 25.7 Å². The van der Waals surface area contributed by atoms with Crippen molar-refractivity contribution in [1.29, 1.82) is 10.5 Å². The minimum atomic E-state index is -1.13. The van der Waals surface area contributed by atoms with Crippen molar-refractivity contribution < 1.29 is 19.8 Å². The fourth-order valence-electron chi connectivity index (χ4n) is 4.26. The zero-order valence-electron chi connectivity index (χ0n) is 26.0. The van der Waals surface area contributed by atoms with E-state index in [2.05, 4.69) is 32.6 Å². The van der Waals surface area contributed by atoms with Crippen molar-refractivity contribution in [3.05, 3.63) is 0 Å². The number of rotatable bonds is 19. The molecule has 0 aromatic carbocycles. The summed E-state index contributed by atoms with van der Waals surface area (Å²) in [5, 5.41) is 59.8. The van der Waals surface area contributed by atoms with Gasteiger partial charge in [0.15, 0.2) is 11.1 Å². The molecule has 0 aliphatic rings. The number of nitrogens with zero attached hydrogens (tertiary/aromatic N) is 6. The van der Waals surface area contributed by atoms with E-state index < -0.39 is 39.5 Å². The standard InChI is InChI=1S/C30H52N6O4/c1-26(2,3)33-35-28(7,22-31)17-14-20-30(25(39)40,19-13-11-9-10-12-16-24(37)38)21-15-18-29(8,23-32)36-34-27(4,5)6/h9-21H2,1-8H3,(H,37,38)(H,39,40)/p-2. The van der Waals surface area contributed by atoms with Gasteiger partial charge in [0.25, 0.3) is 0 Å². The summed E-state index contributed by atoms with van der Waals surface area (Å²) < 4.78 is 0. The van der Waals surface area contributed by atoms with Crippen molar-refractivity contribution in [1.82, 2.24) is 0 Å². The maximum Gasteiger partial charge on any atom is 0.164 e. The molecule has 0 aliphatic heterocycles. The van der Waals surface area contributed by atoms with Gasteiger partial charge in [-0.05, 0) is 113 Å². The Bertz CT molecular complexity index is 897. The SMILES string of the molecule is CC(C)(C)N=NC(C)(C#N)CCCC(CCCCCCCC(=O)[O-])(CCCC(C)(C#N)N=NC(C)(C)C)C(=O)[O-]. The summed E-state index contributed by atoms with van der Waals surface area (Å²) in [5.74, 6) is -2.19. The fourth-order valence-corrected chi connectivity index (χ4v) is 4.26. The predicted octanol–water partition coefficient (Wildman–Crippen LogP) is 5.61. The summed E-state index contributed by atoms with van der Waals surface area (Å²) in [6.07, 6.45) is 6.18. The van der Waals surface area contributed by atoms with Crippen LogP contribution < -0.4 is 10.2 Å². The predicted molar refractivity (Wildman–Crippen MR) is 150 cm³/mol. The van der Waals surface area contributed by atoms with Crippen molar-refractivity contribution in [2.45, 2.75) is 161 Å². The molecule has 0 bridgehead atoms. The van der Waals surface area contributed by atoms with Crippen LogP contribution in [0.25, 0.3) is 0 Å². The highest BCUT2D eigenvalue weighted by atomic mass is 16.4. The van der Waals surface area contributed by atoms with Crippen LogP contribution in [0, 0.1) is 28.1 Å². The first kappa shape index (κ1) is 37.1. The second-order valence-corrected chi connectivity index (χ2v) is 13.4. The molecule has 0 heterocycles. The summed E-state index contributed by atoms with van der Waals surface area (Å²) in [6, 6.07) is 4.43. The minimum Gasteiger partial charge on any atom is -0.550 e. The summed E-state index contributed by atoms with van der Waals surface area (Å²) in [4.78, 5) is 23.2. The lowest BCUT2D eigenvalue weighted by molar-refractivity contribution is -0.321. The van der Waals surface area contributed by atoms with E-state index in [-0.39, 0.29) is 6.42 Å². The molecule has 0 aromatic rings. The molecule has 2 unspecified atom stereocenters. The summed E-state index contributed by atoms with van der Waals surface area (Å²) in [6.45, 7) is 14.8. The van der Waals surface area contributed by atoms with Gasteiger partial charge in [0.05, 0.1) is 23.2 Å². The van der Waals surface area contributed by atoms with Gasteiger partial charge in [-0.25, -0.2) is 0 Å². The van der Waals surface area contributed by atoms with Crippen LogP contribution >= 0.6 is 0 Å². The Morgan fingerprint density at radius 2 is 0.950 bits per heavy atom. The number of hydrogen-bond donors (Lipinski definition) is 0. The largest absolute Gasteiger partial charge is 0.550 e. The molecule has 0 aromatic heterocycles. The van der Waals surface area contributed by atoms with Crippen LogP contribution in [0.4, 0.5) is 0 Å². The van der Waals surface area contributed by atoms with Crippen molar-refractivity contribution in [2.24, 2.45) is 25.9 Å². The van der Waals surface area contributed by atoms with Gasteiger partial charge in [0, 0.05) is 17.4 Å². The number of carbonyl (C=O) groups excluding carboxylic acids is 2. The number of azo groups is 2.